The molecule has 1 aromatic carbocycles. The predicted molar refractivity (Wildman–Crippen MR) is 111 cm³/mol. The molecule has 1 aliphatic heterocycles. The maximum atomic E-state index is 13.3. The topological polar surface area (TPSA) is 69.0 Å². The standard InChI is InChI=1S/C20H28FN7O/c1-22-20(23-12-18(25(2)3)15-5-7-16(21)8-6-15)27-9-10-28(19(29)14-27)17-11-24-26(4)13-17/h5-8,11,13,18H,9-10,12,14H2,1-4H3,(H,22,23). The Morgan fingerprint density at radius 2 is 2.03 bits per heavy atom. The van der Waals surface area contributed by atoms with Gasteiger partial charge in [-0.2, -0.15) is 5.10 Å². The summed E-state index contributed by atoms with van der Waals surface area (Å²) in [4.78, 5) is 22.8. The number of piperazine rings is 1. The lowest BCUT2D eigenvalue weighted by Crippen LogP contribution is -2.56. The van der Waals surface area contributed by atoms with Gasteiger partial charge in [-0.3, -0.25) is 14.5 Å². The van der Waals surface area contributed by atoms with Gasteiger partial charge in [0.05, 0.1) is 17.9 Å². The van der Waals surface area contributed by atoms with Gasteiger partial charge < -0.3 is 20.0 Å². The molecule has 9 heteroatoms. The normalized spacial score (nSPS) is 16.5. The Labute approximate surface area is 170 Å². The molecule has 1 aromatic heterocycles. The fourth-order valence-electron chi connectivity index (χ4n) is 3.48. The largest absolute Gasteiger partial charge is 0.354 e. The number of rotatable bonds is 5. The predicted octanol–water partition coefficient (Wildman–Crippen LogP) is 1.09. The fraction of sp³-hybridized carbons (Fsp3) is 0.450. The Bertz CT molecular complexity index is 862. The van der Waals surface area contributed by atoms with Crippen LogP contribution in [-0.2, 0) is 11.8 Å². The van der Waals surface area contributed by atoms with Gasteiger partial charge in [-0.1, -0.05) is 12.1 Å². The van der Waals surface area contributed by atoms with E-state index in [1.54, 1.807) is 35.0 Å². The van der Waals surface area contributed by atoms with E-state index in [0.717, 1.165) is 11.3 Å². The first kappa shape index (κ1) is 20.8. The highest BCUT2D eigenvalue weighted by Gasteiger charge is 2.28. The highest BCUT2D eigenvalue weighted by molar-refractivity contribution is 5.98. The lowest BCUT2D eigenvalue weighted by molar-refractivity contribution is -0.120. The summed E-state index contributed by atoms with van der Waals surface area (Å²) in [6.45, 7) is 2.07. The van der Waals surface area contributed by atoms with Gasteiger partial charge in [-0.25, -0.2) is 4.39 Å². The number of anilines is 1. The first-order chi connectivity index (χ1) is 13.9. The van der Waals surface area contributed by atoms with E-state index in [1.165, 1.54) is 12.1 Å². The third-order valence-corrected chi connectivity index (χ3v) is 5.07. The lowest BCUT2D eigenvalue weighted by atomic mass is 10.1. The average Bonchev–Trinajstić information content (AvgIpc) is 3.12. The van der Waals surface area contributed by atoms with E-state index in [1.807, 2.05) is 32.2 Å². The molecule has 0 spiro atoms. The molecule has 8 nitrogen and oxygen atoms in total. The number of nitrogens with one attached hydrogen (secondary N) is 1. The van der Waals surface area contributed by atoms with Gasteiger partial charge in [0.25, 0.3) is 0 Å². The summed E-state index contributed by atoms with van der Waals surface area (Å²) in [6, 6.07) is 6.56. The molecule has 0 radical (unpaired) electrons. The summed E-state index contributed by atoms with van der Waals surface area (Å²) >= 11 is 0. The number of nitrogens with zero attached hydrogens (tertiary/aromatic N) is 6. The number of benzene rings is 1. The van der Waals surface area contributed by atoms with Gasteiger partial charge in [-0.15, -0.1) is 0 Å². The average molecular weight is 401 g/mol. The van der Waals surface area contributed by atoms with Crippen LogP contribution in [0, 0.1) is 5.82 Å². The molecule has 2 aromatic rings. The number of hydrogen-bond acceptors (Lipinski definition) is 4. The van der Waals surface area contributed by atoms with Gasteiger partial charge in [-0.05, 0) is 31.8 Å². The molecule has 3 rings (SSSR count). The van der Waals surface area contributed by atoms with Crippen LogP contribution >= 0.6 is 0 Å². The highest BCUT2D eigenvalue weighted by Crippen LogP contribution is 2.19. The monoisotopic (exact) mass is 401 g/mol. The van der Waals surface area contributed by atoms with Crippen LogP contribution in [0.5, 0.6) is 0 Å². The molecule has 2 heterocycles. The summed E-state index contributed by atoms with van der Waals surface area (Å²) in [5.74, 6) is 0.438. The molecule has 1 fully saturated rings. The Morgan fingerprint density at radius 3 is 2.59 bits per heavy atom. The molecule has 1 amide bonds. The summed E-state index contributed by atoms with van der Waals surface area (Å²) in [5, 5.41) is 7.51. The summed E-state index contributed by atoms with van der Waals surface area (Å²) in [6.07, 6.45) is 3.54. The number of likely N-dealkylation sites (N-methyl/N-ethyl adjacent to an activating group) is 1. The van der Waals surface area contributed by atoms with E-state index in [0.29, 0.717) is 25.6 Å². The first-order valence-corrected chi connectivity index (χ1v) is 9.55. The van der Waals surface area contributed by atoms with Crippen molar-refractivity contribution in [2.24, 2.45) is 12.0 Å². The number of aliphatic imine (C=N–C) groups is 1. The second-order valence-corrected chi connectivity index (χ2v) is 7.30. The Balaban J connectivity index is 1.62. The molecule has 1 atom stereocenters. The highest BCUT2D eigenvalue weighted by atomic mass is 19.1. The van der Waals surface area contributed by atoms with Crippen LogP contribution in [0.2, 0.25) is 0 Å². The van der Waals surface area contributed by atoms with Crippen molar-refractivity contribution in [3.63, 3.8) is 0 Å². The Morgan fingerprint density at radius 1 is 1.31 bits per heavy atom. The van der Waals surface area contributed by atoms with Crippen molar-refractivity contribution in [3.8, 4) is 0 Å². The smallest absolute Gasteiger partial charge is 0.246 e. The van der Waals surface area contributed by atoms with Gasteiger partial charge in [0.1, 0.15) is 12.4 Å². The van der Waals surface area contributed by atoms with Crippen molar-refractivity contribution in [2.75, 3.05) is 52.2 Å². The van der Waals surface area contributed by atoms with Crippen LogP contribution in [0.25, 0.3) is 0 Å². The molecule has 1 aliphatic rings. The molecule has 1 N–H and O–H groups in total. The van der Waals surface area contributed by atoms with E-state index < -0.39 is 0 Å². The minimum atomic E-state index is -0.250. The second-order valence-electron chi connectivity index (χ2n) is 7.30. The zero-order valence-corrected chi connectivity index (χ0v) is 17.3. The van der Waals surface area contributed by atoms with Crippen LogP contribution in [0.3, 0.4) is 0 Å². The lowest BCUT2D eigenvalue weighted by Gasteiger charge is -2.36. The van der Waals surface area contributed by atoms with Crippen LogP contribution in [-0.4, -0.2) is 78.8 Å². The third-order valence-electron chi connectivity index (χ3n) is 5.07. The van der Waals surface area contributed by atoms with Gasteiger partial charge in [0.15, 0.2) is 5.96 Å². The molecular weight excluding hydrogens is 373 g/mol. The number of carbonyl (C=O) groups excluding carboxylic acids is 1. The number of hydrogen-bond donors (Lipinski definition) is 1. The van der Waals surface area contributed by atoms with E-state index >= 15 is 0 Å². The van der Waals surface area contributed by atoms with Crippen molar-refractivity contribution in [2.45, 2.75) is 6.04 Å². The van der Waals surface area contributed by atoms with Gasteiger partial charge in [0, 0.05) is 39.9 Å². The maximum absolute atomic E-state index is 13.3. The van der Waals surface area contributed by atoms with Gasteiger partial charge in [0.2, 0.25) is 5.91 Å². The summed E-state index contributed by atoms with van der Waals surface area (Å²) < 4.78 is 14.9. The number of carbonyl (C=O) groups is 1. The molecule has 0 bridgehead atoms. The SMILES string of the molecule is CN=C(NCC(c1ccc(F)cc1)N(C)C)N1CCN(c2cnn(C)c2)C(=O)C1. The minimum Gasteiger partial charge on any atom is -0.354 e. The number of guanidine groups is 1. The summed E-state index contributed by atoms with van der Waals surface area (Å²) in [7, 11) is 7.50. The molecule has 156 valence electrons. The third kappa shape index (κ3) is 4.92. The Hall–Kier alpha value is -2.94. The van der Waals surface area contributed by atoms with Crippen LogP contribution in [0.1, 0.15) is 11.6 Å². The number of aromatic nitrogens is 2. The van der Waals surface area contributed by atoms with Crippen molar-refractivity contribution >= 4 is 17.6 Å². The van der Waals surface area contributed by atoms with Crippen LogP contribution < -0.4 is 10.2 Å². The molecule has 0 saturated carbocycles. The second kappa shape index (κ2) is 9.04. The Kier molecular flexibility index (Phi) is 6.48. The van der Waals surface area contributed by atoms with Crippen LogP contribution in [0.4, 0.5) is 10.1 Å². The van der Waals surface area contributed by atoms with E-state index in [-0.39, 0.29) is 24.3 Å². The first-order valence-electron chi connectivity index (χ1n) is 9.55. The van der Waals surface area contributed by atoms with Crippen molar-refractivity contribution < 1.29 is 9.18 Å². The number of amides is 1. The molecule has 0 aliphatic carbocycles. The fourth-order valence-corrected chi connectivity index (χ4v) is 3.48. The zero-order valence-electron chi connectivity index (χ0n) is 17.3. The molecule has 29 heavy (non-hydrogen) atoms. The molecule has 1 saturated heterocycles. The molecule has 1 unspecified atom stereocenters. The van der Waals surface area contributed by atoms with Crippen LogP contribution in [0.15, 0.2) is 41.7 Å². The quantitative estimate of drug-likeness (QED) is 0.600. The number of aryl methyl sites for hydroxylation is 1. The van der Waals surface area contributed by atoms with Crippen molar-refractivity contribution in [1.29, 1.82) is 0 Å². The summed E-state index contributed by atoms with van der Waals surface area (Å²) in [5.41, 5.74) is 1.82. The van der Waals surface area contributed by atoms with E-state index in [9.17, 15) is 9.18 Å². The number of halogens is 1. The van der Waals surface area contributed by atoms with E-state index in [2.05, 4.69) is 20.3 Å². The maximum Gasteiger partial charge on any atom is 0.246 e. The van der Waals surface area contributed by atoms with Crippen molar-refractivity contribution in [3.05, 3.63) is 48.0 Å². The zero-order chi connectivity index (χ0) is 21.0. The van der Waals surface area contributed by atoms with Gasteiger partial charge >= 0.3 is 0 Å². The molecular formula is C20H28FN7O. The minimum absolute atomic E-state index is 0.00916. The van der Waals surface area contributed by atoms with E-state index in [4.69, 9.17) is 0 Å². The van der Waals surface area contributed by atoms with Crippen molar-refractivity contribution in [1.82, 2.24) is 24.9 Å².